The van der Waals surface area contributed by atoms with Crippen molar-refractivity contribution in [2.45, 2.75) is 56.7 Å². The van der Waals surface area contributed by atoms with Crippen LogP contribution in [0.15, 0.2) is 24.5 Å². The summed E-state index contributed by atoms with van der Waals surface area (Å²) >= 11 is 0. The van der Waals surface area contributed by atoms with Gasteiger partial charge in [0.05, 0.1) is 0 Å². The molecule has 2 unspecified atom stereocenters. The van der Waals surface area contributed by atoms with Crippen molar-refractivity contribution in [3.05, 3.63) is 30.1 Å². The van der Waals surface area contributed by atoms with Gasteiger partial charge in [0.1, 0.15) is 0 Å². The summed E-state index contributed by atoms with van der Waals surface area (Å²) in [5, 5.41) is 3.63. The van der Waals surface area contributed by atoms with Crippen molar-refractivity contribution < 1.29 is 4.79 Å². The zero-order valence-corrected chi connectivity index (χ0v) is 12.1. The molecular formula is C16H23N3O. The molecule has 108 valence electrons. The summed E-state index contributed by atoms with van der Waals surface area (Å²) in [6, 6.07) is 5.65. The molecule has 1 aromatic rings. The SMILES string of the molecule is CN(C(=O)CCc1cccnc1)C1CC2CCC(C1)N2. The maximum atomic E-state index is 12.3. The number of hydrogen-bond donors (Lipinski definition) is 1. The molecule has 0 spiro atoms. The highest BCUT2D eigenvalue weighted by atomic mass is 16.2. The first-order valence-electron chi connectivity index (χ1n) is 7.63. The van der Waals surface area contributed by atoms with Crippen molar-refractivity contribution >= 4 is 5.91 Å². The number of piperidine rings is 1. The third kappa shape index (κ3) is 3.01. The van der Waals surface area contributed by atoms with Crippen LogP contribution in [0, 0.1) is 0 Å². The molecule has 0 aliphatic carbocycles. The Hall–Kier alpha value is -1.42. The van der Waals surface area contributed by atoms with Gasteiger partial charge >= 0.3 is 0 Å². The first kappa shape index (κ1) is 13.6. The molecule has 20 heavy (non-hydrogen) atoms. The van der Waals surface area contributed by atoms with E-state index in [1.165, 1.54) is 12.8 Å². The van der Waals surface area contributed by atoms with Gasteiger partial charge in [-0.15, -0.1) is 0 Å². The van der Waals surface area contributed by atoms with E-state index < -0.39 is 0 Å². The van der Waals surface area contributed by atoms with E-state index in [1.807, 2.05) is 30.3 Å². The molecule has 4 nitrogen and oxygen atoms in total. The van der Waals surface area contributed by atoms with Crippen LogP contribution in [-0.4, -0.2) is 41.0 Å². The second-order valence-electron chi connectivity index (χ2n) is 6.13. The maximum absolute atomic E-state index is 12.3. The average molecular weight is 273 g/mol. The fourth-order valence-electron chi connectivity index (χ4n) is 3.52. The lowest BCUT2D eigenvalue weighted by atomic mass is 9.98. The molecule has 1 amide bonds. The number of carbonyl (C=O) groups excluding carboxylic acids is 1. The van der Waals surface area contributed by atoms with Gasteiger partial charge in [-0.25, -0.2) is 0 Å². The molecule has 0 aromatic carbocycles. The standard InChI is InChI=1S/C16H23N3O/c1-19(15-9-13-5-6-14(10-15)18-13)16(20)7-4-12-3-2-8-17-11-12/h2-3,8,11,13-15,18H,4-7,9-10H2,1H3. The topological polar surface area (TPSA) is 45.2 Å². The first-order chi connectivity index (χ1) is 9.72. The molecule has 2 bridgehead atoms. The molecule has 3 heterocycles. The van der Waals surface area contributed by atoms with Crippen molar-refractivity contribution in [1.82, 2.24) is 15.2 Å². The molecule has 1 aromatic heterocycles. The molecular weight excluding hydrogens is 250 g/mol. The lowest BCUT2D eigenvalue weighted by Gasteiger charge is -2.35. The lowest BCUT2D eigenvalue weighted by Crippen LogP contribution is -2.48. The Morgan fingerprint density at radius 3 is 2.80 bits per heavy atom. The Kier molecular flexibility index (Phi) is 4.01. The number of pyridine rings is 1. The number of carbonyl (C=O) groups is 1. The lowest BCUT2D eigenvalue weighted by molar-refractivity contribution is -0.132. The molecule has 3 rings (SSSR count). The summed E-state index contributed by atoms with van der Waals surface area (Å²) < 4.78 is 0. The molecule has 1 N–H and O–H groups in total. The Morgan fingerprint density at radius 1 is 1.40 bits per heavy atom. The number of fused-ring (bicyclic) bond motifs is 2. The van der Waals surface area contributed by atoms with Gasteiger partial charge in [-0.3, -0.25) is 9.78 Å². The van der Waals surface area contributed by atoms with E-state index >= 15 is 0 Å². The number of aryl methyl sites for hydroxylation is 1. The summed E-state index contributed by atoms with van der Waals surface area (Å²) in [7, 11) is 1.97. The highest BCUT2D eigenvalue weighted by Crippen LogP contribution is 2.29. The van der Waals surface area contributed by atoms with E-state index in [9.17, 15) is 4.79 Å². The van der Waals surface area contributed by atoms with E-state index in [1.54, 1.807) is 6.20 Å². The van der Waals surface area contributed by atoms with Crippen LogP contribution in [0.2, 0.25) is 0 Å². The maximum Gasteiger partial charge on any atom is 0.222 e. The predicted molar refractivity (Wildman–Crippen MR) is 78.3 cm³/mol. The van der Waals surface area contributed by atoms with Gasteiger partial charge in [0.2, 0.25) is 5.91 Å². The number of nitrogens with one attached hydrogen (secondary N) is 1. The number of amides is 1. The van der Waals surface area contributed by atoms with Gasteiger partial charge in [-0.05, 0) is 43.7 Å². The van der Waals surface area contributed by atoms with Gasteiger partial charge in [0.15, 0.2) is 0 Å². The summed E-state index contributed by atoms with van der Waals surface area (Å²) in [4.78, 5) is 18.4. The Bertz CT molecular complexity index is 450. The van der Waals surface area contributed by atoms with Crippen LogP contribution in [0.3, 0.4) is 0 Å². The molecule has 0 radical (unpaired) electrons. The number of nitrogens with zero attached hydrogens (tertiary/aromatic N) is 2. The van der Waals surface area contributed by atoms with Crippen molar-refractivity contribution in [3.63, 3.8) is 0 Å². The fraction of sp³-hybridized carbons (Fsp3) is 0.625. The normalized spacial score (nSPS) is 28.4. The van der Waals surface area contributed by atoms with Crippen molar-refractivity contribution in [1.29, 1.82) is 0 Å². The molecule has 4 heteroatoms. The minimum atomic E-state index is 0.264. The number of aromatic nitrogens is 1. The van der Waals surface area contributed by atoms with Crippen LogP contribution >= 0.6 is 0 Å². The molecule has 2 fully saturated rings. The van der Waals surface area contributed by atoms with Gasteiger partial charge < -0.3 is 10.2 Å². The van der Waals surface area contributed by atoms with Crippen LogP contribution in [0.1, 0.15) is 37.7 Å². The highest BCUT2D eigenvalue weighted by Gasteiger charge is 2.36. The van der Waals surface area contributed by atoms with Crippen LogP contribution < -0.4 is 5.32 Å². The van der Waals surface area contributed by atoms with E-state index in [-0.39, 0.29) is 5.91 Å². The third-order valence-corrected chi connectivity index (χ3v) is 4.74. The highest BCUT2D eigenvalue weighted by molar-refractivity contribution is 5.76. The minimum Gasteiger partial charge on any atom is -0.343 e. The average Bonchev–Trinajstić information content (AvgIpc) is 2.83. The molecule has 2 aliphatic heterocycles. The second-order valence-corrected chi connectivity index (χ2v) is 6.13. The summed E-state index contributed by atoms with van der Waals surface area (Å²) in [6.07, 6.45) is 9.77. The molecule has 2 atom stereocenters. The second kappa shape index (κ2) is 5.92. The van der Waals surface area contributed by atoms with E-state index in [0.717, 1.165) is 24.8 Å². The predicted octanol–water partition coefficient (Wildman–Crippen LogP) is 1.76. The quantitative estimate of drug-likeness (QED) is 0.909. The third-order valence-electron chi connectivity index (χ3n) is 4.74. The monoisotopic (exact) mass is 273 g/mol. The van der Waals surface area contributed by atoms with E-state index in [2.05, 4.69) is 10.3 Å². The van der Waals surface area contributed by atoms with Gasteiger partial charge in [-0.2, -0.15) is 0 Å². The van der Waals surface area contributed by atoms with E-state index in [4.69, 9.17) is 0 Å². The van der Waals surface area contributed by atoms with Gasteiger partial charge in [0.25, 0.3) is 0 Å². The Labute approximate surface area is 120 Å². The zero-order chi connectivity index (χ0) is 13.9. The summed E-state index contributed by atoms with van der Waals surface area (Å²) in [5.41, 5.74) is 1.14. The number of rotatable bonds is 4. The van der Waals surface area contributed by atoms with Crippen LogP contribution in [-0.2, 0) is 11.2 Å². The minimum absolute atomic E-state index is 0.264. The van der Waals surface area contributed by atoms with Crippen molar-refractivity contribution in [3.8, 4) is 0 Å². The molecule has 2 saturated heterocycles. The van der Waals surface area contributed by atoms with Gasteiger partial charge in [0, 0.05) is 44.0 Å². The number of hydrogen-bond acceptors (Lipinski definition) is 3. The van der Waals surface area contributed by atoms with Gasteiger partial charge in [-0.1, -0.05) is 6.07 Å². The fourth-order valence-corrected chi connectivity index (χ4v) is 3.52. The first-order valence-corrected chi connectivity index (χ1v) is 7.63. The smallest absolute Gasteiger partial charge is 0.222 e. The van der Waals surface area contributed by atoms with E-state index in [0.29, 0.717) is 24.5 Å². The van der Waals surface area contributed by atoms with Crippen molar-refractivity contribution in [2.75, 3.05) is 7.05 Å². The summed E-state index contributed by atoms with van der Waals surface area (Å²) in [6.45, 7) is 0. The largest absolute Gasteiger partial charge is 0.343 e. The molecule has 0 saturated carbocycles. The van der Waals surface area contributed by atoms with Crippen LogP contribution in [0.4, 0.5) is 0 Å². The van der Waals surface area contributed by atoms with Crippen molar-refractivity contribution in [2.24, 2.45) is 0 Å². The van der Waals surface area contributed by atoms with Crippen LogP contribution in [0.5, 0.6) is 0 Å². The summed E-state index contributed by atoms with van der Waals surface area (Å²) in [5.74, 6) is 0.264. The Balaban J connectivity index is 1.52. The molecule has 2 aliphatic rings. The Morgan fingerprint density at radius 2 is 2.15 bits per heavy atom. The van der Waals surface area contributed by atoms with Crippen LogP contribution in [0.25, 0.3) is 0 Å². The zero-order valence-electron chi connectivity index (χ0n) is 12.1.